The molecule has 0 aromatic heterocycles. The monoisotopic (exact) mass is 599 g/mol. The lowest BCUT2D eigenvalue weighted by molar-refractivity contribution is -0.122. The maximum absolute atomic E-state index is 14.1. The summed E-state index contributed by atoms with van der Waals surface area (Å²) in [6.07, 6.45) is 0. The van der Waals surface area contributed by atoms with Crippen LogP contribution in [0.25, 0.3) is 0 Å². The molecule has 8 rings (SSSR count). The van der Waals surface area contributed by atoms with Gasteiger partial charge in [0.15, 0.2) is 12.4 Å². The van der Waals surface area contributed by atoms with E-state index < -0.39 is 57.6 Å². The molecule has 1 fully saturated rings. The first-order valence-electron chi connectivity index (χ1n) is 13.2. The smallest absolute Gasteiger partial charge is 0.338 e. The van der Waals surface area contributed by atoms with Crippen molar-refractivity contribution in [1.29, 1.82) is 0 Å². The highest BCUT2D eigenvalue weighted by molar-refractivity contribution is 6.38. The summed E-state index contributed by atoms with van der Waals surface area (Å²) in [5, 5.41) is 0. The molecule has 208 valence electrons. The van der Waals surface area contributed by atoms with Gasteiger partial charge in [0, 0.05) is 5.56 Å². The van der Waals surface area contributed by atoms with E-state index in [0.29, 0.717) is 22.3 Å². The predicted molar refractivity (Wildman–Crippen MR) is 153 cm³/mol. The number of amides is 2. The minimum Gasteiger partial charge on any atom is -0.454 e. The largest absolute Gasteiger partial charge is 0.454 e. The summed E-state index contributed by atoms with van der Waals surface area (Å²) in [7, 11) is 0. The van der Waals surface area contributed by atoms with Crippen LogP contribution in [-0.2, 0) is 24.1 Å². The van der Waals surface area contributed by atoms with Crippen LogP contribution in [0.2, 0.25) is 0 Å². The molecule has 2 amide bonds. The van der Waals surface area contributed by atoms with Crippen LogP contribution in [0, 0.1) is 17.7 Å². The van der Waals surface area contributed by atoms with E-state index in [1.807, 2.05) is 48.5 Å². The fourth-order valence-corrected chi connectivity index (χ4v) is 7.70. The number of carbonyl (C=O) groups is 4. The van der Waals surface area contributed by atoms with Gasteiger partial charge in [-0.05, 0) is 70.8 Å². The summed E-state index contributed by atoms with van der Waals surface area (Å²) in [5.74, 6) is -4.59. The highest BCUT2D eigenvalue weighted by atomic mass is 35.5. The van der Waals surface area contributed by atoms with E-state index in [1.54, 1.807) is 0 Å². The fraction of sp³-hybridized carbons (Fsp3) is 0.152. The topological polar surface area (TPSA) is 80.8 Å². The van der Waals surface area contributed by atoms with Crippen LogP contribution in [0.15, 0.2) is 97.1 Å². The lowest BCUT2D eigenvalue weighted by atomic mass is 9.54. The number of rotatable bonds is 5. The minimum atomic E-state index is -1.29. The zero-order chi connectivity index (χ0) is 29.4. The lowest BCUT2D eigenvalue weighted by Crippen LogP contribution is -2.57. The van der Waals surface area contributed by atoms with Gasteiger partial charge in [0.25, 0.3) is 0 Å². The van der Waals surface area contributed by atoms with Crippen molar-refractivity contribution in [3.05, 3.63) is 136 Å². The zero-order valence-electron chi connectivity index (χ0n) is 21.7. The van der Waals surface area contributed by atoms with Crippen molar-refractivity contribution < 1.29 is 28.3 Å². The van der Waals surface area contributed by atoms with E-state index in [1.165, 1.54) is 36.4 Å². The highest BCUT2D eigenvalue weighted by Crippen LogP contribution is 2.69. The molecule has 42 heavy (non-hydrogen) atoms. The van der Waals surface area contributed by atoms with E-state index >= 15 is 0 Å². The molecule has 2 bridgehead atoms. The Morgan fingerprint density at radius 3 is 1.57 bits per heavy atom. The van der Waals surface area contributed by atoms with Crippen molar-refractivity contribution in [2.45, 2.75) is 9.75 Å². The molecular weight excluding hydrogens is 580 g/mol. The maximum atomic E-state index is 14.1. The Kier molecular flexibility index (Phi) is 5.91. The molecule has 0 N–H and O–H groups in total. The van der Waals surface area contributed by atoms with Gasteiger partial charge in [-0.15, -0.1) is 23.2 Å². The number of benzene rings is 4. The number of Topliss-reactive ketones (excluding diaryl/α,β-unsaturated/α-hetero) is 1. The number of imide groups is 1. The number of ketones is 1. The first-order valence-corrected chi connectivity index (χ1v) is 13.9. The average Bonchev–Trinajstić information content (AvgIpc) is 3.29. The molecule has 1 aliphatic heterocycles. The van der Waals surface area contributed by atoms with Crippen LogP contribution >= 0.6 is 23.2 Å². The highest BCUT2D eigenvalue weighted by Gasteiger charge is 2.73. The van der Waals surface area contributed by atoms with Gasteiger partial charge < -0.3 is 4.74 Å². The number of hydrogen-bond acceptors (Lipinski definition) is 5. The van der Waals surface area contributed by atoms with Crippen LogP contribution in [0.5, 0.6) is 0 Å². The Labute approximate surface area is 249 Å². The second kappa shape index (κ2) is 9.34. The molecular formula is C33H20Cl2FNO5. The third-order valence-electron chi connectivity index (χ3n) is 8.45. The van der Waals surface area contributed by atoms with Crippen molar-refractivity contribution in [2.75, 3.05) is 11.5 Å². The number of halogens is 3. The van der Waals surface area contributed by atoms with Gasteiger partial charge in [-0.2, -0.15) is 0 Å². The van der Waals surface area contributed by atoms with E-state index in [0.717, 1.165) is 17.0 Å². The summed E-state index contributed by atoms with van der Waals surface area (Å²) in [5.41, 5.74) is 3.40. The van der Waals surface area contributed by atoms with E-state index in [2.05, 4.69) is 0 Å². The molecule has 4 aliphatic rings. The molecule has 2 atom stereocenters. The molecule has 6 nitrogen and oxygen atoms in total. The second-order valence-electron chi connectivity index (χ2n) is 10.5. The molecule has 3 aliphatic carbocycles. The van der Waals surface area contributed by atoms with E-state index in [-0.39, 0.29) is 16.8 Å². The summed E-state index contributed by atoms with van der Waals surface area (Å²) >= 11 is 14.9. The summed E-state index contributed by atoms with van der Waals surface area (Å²) in [6.45, 7) is -0.532. The van der Waals surface area contributed by atoms with Crippen LogP contribution in [0.1, 0.15) is 43.0 Å². The lowest BCUT2D eigenvalue weighted by Gasteiger charge is -2.54. The van der Waals surface area contributed by atoms with E-state index in [9.17, 15) is 23.6 Å². The van der Waals surface area contributed by atoms with Crippen molar-refractivity contribution >= 4 is 52.5 Å². The quantitative estimate of drug-likeness (QED) is 0.122. The van der Waals surface area contributed by atoms with Crippen LogP contribution < -0.4 is 4.90 Å². The molecule has 0 radical (unpaired) electrons. The first kappa shape index (κ1) is 26.6. The number of alkyl halides is 2. The minimum absolute atomic E-state index is 0.115. The Morgan fingerprint density at radius 2 is 1.12 bits per heavy atom. The molecule has 0 spiro atoms. The van der Waals surface area contributed by atoms with Gasteiger partial charge >= 0.3 is 5.97 Å². The number of nitrogens with zero attached hydrogens (tertiary/aromatic N) is 1. The predicted octanol–water partition coefficient (Wildman–Crippen LogP) is 5.96. The molecule has 4 aromatic rings. The number of esters is 1. The normalized spacial score (nSPS) is 25.1. The average molecular weight is 600 g/mol. The summed E-state index contributed by atoms with van der Waals surface area (Å²) < 4.78 is 18.2. The molecule has 4 aromatic carbocycles. The Balaban J connectivity index is 1.18. The Bertz CT molecular complexity index is 1700. The van der Waals surface area contributed by atoms with Gasteiger partial charge in [-0.1, -0.05) is 48.5 Å². The molecule has 0 saturated carbocycles. The molecule has 0 unspecified atom stereocenters. The second-order valence-corrected chi connectivity index (χ2v) is 11.7. The standard InChI is InChI=1S/C33H20Cl2FNO5/c34-32-22-5-1-2-6-23(22)33(35,25-8-4-3-7-24(25)32)28-27(32)29(39)37(30(28)40)21-15-11-19(12-16-21)31(41)42-17-26(38)18-9-13-20(36)14-10-18/h1-16,27-28H,17H2/t27-,28-,32?,33?/m0/s1. The van der Waals surface area contributed by atoms with Gasteiger partial charge in [-0.3, -0.25) is 14.4 Å². The number of anilines is 1. The van der Waals surface area contributed by atoms with Gasteiger partial charge in [0.05, 0.1) is 23.1 Å². The number of ether oxygens (including phenoxy) is 1. The van der Waals surface area contributed by atoms with E-state index in [4.69, 9.17) is 27.9 Å². The zero-order valence-corrected chi connectivity index (χ0v) is 23.2. The van der Waals surface area contributed by atoms with Gasteiger partial charge in [0.2, 0.25) is 11.8 Å². The van der Waals surface area contributed by atoms with Crippen LogP contribution in [-0.4, -0.2) is 30.2 Å². The number of carbonyl (C=O) groups excluding carboxylic acids is 4. The third-order valence-corrected chi connectivity index (χ3v) is 9.73. The van der Waals surface area contributed by atoms with Crippen LogP contribution in [0.4, 0.5) is 10.1 Å². The molecule has 1 saturated heterocycles. The fourth-order valence-electron chi connectivity index (χ4n) is 6.60. The molecule has 9 heteroatoms. The van der Waals surface area contributed by atoms with Crippen molar-refractivity contribution in [3.63, 3.8) is 0 Å². The third kappa shape index (κ3) is 3.50. The summed E-state index contributed by atoms with van der Waals surface area (Å²) in [4.78, 5) is 51.5. The Hall–Kier alpha value is -4.33. The van der Waals surface area contributed by atoms with Crippen molar-refractivity contribution in [2.24, 2.45) is 11.8 Å². The van der Waals surface area contributed by atoms with Crippen LogP contribution in [0.3, 0.4) is 0 Å². The van der Waals surface area contributed by atoms with Crippen molar-refractivity contribution in [1.82, 2.24) is 0 Å². The molecule has 1 heterocycles. The van der Waals surface area contributed by atoms with Crippen molar-refractivity contribution in [3.8, 4) is 0 Å². The van der Waals surface area contributed by atoms with Gasteiger partial charge in [-0.25, -0.2) is 14.1 Å². The Morgan fingerprint density at radius 1 is 0.690 bits per heavy atom. The number of hydrogen-bond donors (Lipinski definition) is 0. The first-order chi connectivity index (χ1) is 20.2. The summed E-state index contributed by atoms with van der Waals surface area (Å²) in [6, 6.07) is 25.4. The van der Waals surface area contributed by atoms with Gasteiger partial charge in [0.1, 0.15) is 15.6 Å². The maximum Gasteiger partial charge on any atom is 0.338 e. The SMILES string of the molecule is O=C(COC(=O)c1ccc(N2C(=O)[C@@H]3[C@@H](C2=O)C2(Cl)c4ccccc4C3(Cl)c3ccccc32)cc1)c1ccc(F)cc1.